The summed E-state index contributed by atoms with van der Waals surface area (Å²) < 4.78 is 34.4. The molecular weight excluding hydrogens is 739 g/mol. The lowest BCUT2D eigenvalue weighted by Gasteiger charge is -2.35. The van der Waals surface area contributed by atoms with Gasteiger partial charge in [0.25, 0.3) is 11.5 Å². The van der Waals surface area contributed by atoms with E-state index in [4.69, 9.17) is 4.74 Å². The minimum absolute atomic E-state index is 0.0483. The van der Waals surface area contributed by atoms with Crippen molar-refractivity contribution in [2.75, 3.05) is 13.2 Å². The van der Waals surface area contributed by atoms with Crippen LogP contribution in [0.15, 0.2) is 72.3 Å². The van der Waals surface area contributed by atoms with Gasteiger partial charge in [-0.15, -0.1) is 6.58 Å². The molecule has 3 aromatic rings. The molecule has 1 saturated heterocycles. The minimum Gasteiger partial charge on any atom is -0.449 e. The smallest absolute Gasteiger partial charge is 0.407 e. The number of cyclic esters (lactones) is 1. The number of amides is 4. The van der Waals surface area contributed by atoms with E-state index < -0.39 is 74.1 Å². The van der Waals surface area contributed by atoms with E-state index in [1.807, 2.05) is 42.5 Å². The molecule has 7 rings (SSSR count). The topological polar surface area (TPSA) is 199 Å². The van der Waals surface area contributed by atoms with E-state index in [1.54, 1.807) is 33.2 Å². The van der Waals surface area contributed by atoms with Gasteiger partial charge in [0.1, 0.15) is 17.6 Å². The summed E-state index contributed by atoms with van der Waals surface area (Å²) in [5.41, 5.74) is -0.175. The van der Waals surface area contributed by atoms with Crippen LogP contribution in [0.1, 0.15) is 70.9 Å². The number of hydrogen-bond acceptors (Lipinski definition) is 10. The lowest BCUT2D eigenvalue weighted by Crippen LogP contribution is -2.60. The molecule has 296 valence electrons. The monoisotopic (exact) mass is 785 g/mol. The fourth-order valence-electron chi connectivity index (χ4n) is 7.65. The molecule has 4 bridgehead atoms. The van der Waals surface area contributed by atoms with Crippen LogP contribution >= 0.6 is 0 Å². The van der Waals surface area contributed by atoms with Crippen LogP contribution in [0.3, 0.4) is 0 Å². The van der Waals surface area contributed by atoms with Gasteiger partial charge in [-0.3, -0.25) is 28.9 Å². The highest BCUT2D eigenvalue weighted by molar-refractivity contribution is 7.91. The number of hydrogen-bond donors (Lipinski definition) is 3. The van der Waals surface area contributed by atoms with Crippen LogP contribution < -0.4 is 20.9 Å². The average molecular weight is 786 g/mol. The number of ether oxygens (including phenoxy) is 1. The van der Waals surface area contributed by atoms with Crippen molar-refractivity contribution < 1.29 is 32.3 Å². The van der Waals surface area contributed by atoms with Gasteiger partial charge in [-0.1, -0.05) is 57.2 Å². The largest absolute Gasteiger partial charge is 0.449 e. The quantitative estimate of drug-likeness (QED) is 0.299. The summed E-state index contributed by atoms with van der Waals surface area (Å²) in [6.45, 7) is 9.00. The number of fused-ring (bicyclic) bond motifs is 6. The molecule has 4 amide bonds. The van der Waals surface area contributed by atoms with Gasteiger partial charge in [0, 0.05) is 41.6 Å². The molecule has 2 aromatic heterocycles. The number of nitrogens with one attached hydrogen (secondary N) is 3. The van der Waals surface area contributed by atoms with Gasteiger partial charge in [0.2, 0.25) is 21.8 Å². The molecule has 1 aromatic carbocycles. The standard InChI is InChI=1S/C40H47N7O8S/c1-5-26-21-40(26,37(51)45-56(53,54)28-15-16-28)44-34(48)32-20-27-23-46(32)36(50)33(39(2,3)4)43-38(52)55-18-9-7-6-8-12-29-30(22-42-47(27)35(29)49)25-14-13-24-11-10-17-41-31(24)19-25/h5-7,10-11,13-14,17,19,22,26-28,32-33H,1,8-9,12,15-16,18,20-21,23H2,2-4H3,(H,43,52)(H,44,48)(H,45,51)/b7-6+/t26-,27?,32+,33-,40?/m1/s1. The number of alkyl carbamates (subject to hydrolysis) is 1. The Balaban J connectivity index is 1.27. The summed E-state index contributed by atoms with van der Waals surface area (Å²) in [4.78, 5) is 75.9. The van der Waals surface area contributed by atoms with Gasteiger partial charge < -0.3 is 20.3 Å². The molecule has 2 aliphatic heterocycles. The first kappa shape index (κ1) is 38.9. The van der Waals surface area contributed by atoms with Crippen molar-refractivity contribution in [3.63, 3.8) is 0 Å². The molecule has 4 heterocycles. The third-order valence-electron chi connectivity index (χ3n) is 11.1. The van der Waals surface area contributed by atoms with Crippen molar-refractivity contribution in [2.24, 2.45) is 11.3 Å². The molecule has 3 N–H and O–H groups in total. The first-order valence-electron chi connectivity index (χ1n) is 19.0. The molecule has 2 saturated carbocycles. The molecule has 5 atom stereocenters. The highest BCUT2D eigenvalue weighted by Crippen LogP contribution is 2.46. The number of pyridine rings is 1. The Morgan fingerprint density at radius 1 is 1.11 bits per heavy atom. The zero-order valence-corrected chi connectivity index (χ0v) is 32.5. The van der Waals surface area contributed by atoms with E-state index in [0.717, 1.165) is 16.5 Å². The Morgan fingerprint density at radius 2 is 1.88 bits per heavy atom. The summed E-state index contributed by atoms with van der Waals surface area (Å²) in [7, 11) is -3.93. The van der Waals surface area contributed by atoms with Gasteiger partial charge >= 0.3 is 6.09 Å². The molecule has 4 aliphatic rings. The van der Waals surface area contributed by atoms with Gasteiger partial charge in [-0.25, -0.2) is 17.9 Å². The number of nitrogens with zero attached hydrogens (tertiary/aromatic N) is 4. The predicted octanol–water partition coefficient (Wildman–Crippen LogP) is 3.30. The first-order chi connectivity index (χ1) is 26.6. The Hall–Kier alpha value is -5.38. The Bertz CT molecular complexity index is 2300. The molecule has 2 aliphatic carbocycles. The second-order valence-electron chi connectivity index (χ2n) is 16.2. The van der Waals surface area contributed by atoms with Crippen molar-refractivity contribution >= 4 is 44.7 Å². The van der Waals surface area contributed by atoms with E-state index in [9.17, 15) is 32.4 Å². The molecule has 0 radical (unpaired) electrons. The number of rotatable bonds is 7. The third-order valence-corrected chi connectivity index (χ3v) is 12.9. The van der Waals surface area contributed by atoms with Crippen LogP contribution in [0.25, 0.3) is 22.0 Å². The molecule has 56 heavy (non-hydrogen) atoms. The fourth-order valence-corrected chi connectivity index (χ4v) is 9.01. The average Bonchev–Trinajstić information content (AvgIpc) is 4.09. The molecule has 3 fully saturated rings. The second-order valence-corrected chi connectivity index (χ2v) is 18.1. The van der Waals surface area contributed by atoms with Gasteiger partial charge in [-0.05, 0) is 61.6 Å². The molecule has 15 nitrogen and oxygen atoms in total. The second kappa shape index (κ2) is 14.9. The maximum Gasteiger partial charge on any atom is 0.407 e. The van der Waals surface area contributed by atoms with E-state index in [0.29, 0.717) is 43.2 Å². The van der Waals surface area contributed by atoms with Crippen molar-refractivity contribution in [3.8, 4) is 11.1 Å². The fraction of sp³-hybridized carbons (Fsp3) is 0.475. The van der Waals surface area contributed by atoms with Gasteiger partial charge in [-0.2, -0.15) is 5.10 Å². The summed E-state index contributed by atoms with van der Waals surface area (Å²) in [6.07, 6.45) is 10.0. The number of aromatic nitrogens is 3. The lowest BCUT2D eigenvalue weighted by molar-refractivity contribution is -0.142. The Labute approximate surface area is 325 Å². The molecule has 2 unspecified atom stereocenters. The highest BCUT2D eigenvalue weighted by atomic mass is 32.2. The van der Waals surface area contributed by atoms with E-state index in [-0.39, 0.29) is 31.6 Å². The van der Waals surface area contributed by atoms with Crippen molar-refractivity contribution in [2.45, 2.75) is 94.6 Å². The van der Waals surface area contributed by atoms with Crippen molar-refractivity contribution in [1.29, 1.82) is 0 Å². The van der Waals surface area contributed by atoms with Crippen LogP contribution in [-0.4, -0.2) is 87.9 Å². The number of carbonyl (C=O) groups excluding carboxylic acids is 4. The zero-order chi connectivity index (χ0) is 40.0. The lowest BCUT2D eigenvalue weighted by atomic mass is 9.85. The maximum atomic E-state index is 14.6. The van der Waals surface area contributed by atoms with Crippen molar-refractivity contribution in [1.82, 2.24) is 35.0 Å². The molecule has 16 heteroatoms. The highest BCUT2D eigenvalue weighted by Gasteiger charge is 2.62. The molecule has 0 spiro atoms. The summed E-state index contributed by atoms with van der Waals surface area (Å²) in [5.74, 6) is -2.74. The normalized spacial score (nSPS) is 26.4. The third kappa shape index (κ3) is 7.71. The van der Waals surface area contributed by atoms with Crippen LogP contribution in [0.2, 0.25) is 0 Å². The van der Waals surface area contributed by atoms with E-state index in [1.165, 1.54) is 15.7 Å². The number of benzene rings is 1. The zero-order valence-electron chi connectivity index (χ0n) is 31.7. The summed E-state index contributed by atoms with van der Waals surface area (Å²) in [5, 5.41) is 10.4. The van der Waals surface area contributed by atoms with Crippen LogP contribution in [0.4, 0.5) is 4.79 Å². The van der Waals surface area contributed by atoms with Crippen LogP contribution in [-0.2, 0) is 35.6 Å². The summed E-state index contributed by atoms with van der Waals surface area (Å²) >= 11 is 0. The van der Waals surface area contributed by atoms with Gasteiger partial charge in [0.15, 0.2) is 0 Å². The Morgan fingerprint density at radius 3 is 2.59 bits per heavy atom. The number of allylic oxidation sites excluding steroid dienone is 1. The number of sulfonamides is 1. The maximum absolute atomic E-state index is 14.6. The van der Waals surface area contributed by atoms with Gasteiger partial charge in [0.05, 0.1) is 29.6 Å². The Kier molecular flexibility index (Phi) is 10.4. The van der Waals surface area contributed by atoms with E-state index >= 15 is 0 Å². The predicted molar refractivity (Wildman–Crippen MR) is 207 cm³/mol. The SMILES string of the molecule is C=C[C@@H]1CC1(NC(=O)[C@@H]1CC2CN1C(=O)[C@H](C(C)(C)C)NC(=O)OCC/C=C/CCc1c(-c3ccc4cccnc4c3)cnn2c1=O)C(=O)NS(=O)(=O)C1CC1. The first-order valence-corrected chi connectivity index (χ1v) is 20.5. The summed E-state index contributed by atoms with van der Waals surface area (Å²) in [6, 6.07) is 6.41. The number of carbonyl (C=O) groups is 4. The van der Waals surface area contributed by atoms with Crippen molar-refractivity contribution in [3.05, 3.63) is 83.4 Å². The van der Waals surface area contributed by atoms with Crippen LogP contribution in [0.5, 0.6) is 0 Å². The minimum atomic E-state index is -3.93. The van der Waals surface area contributed by atoms with E-state index in [2.05, 4.69) is 32.0 Å². The van der Waals surface area contributed by atoms with Crippen LogP contribution in [0, 0.1) is 11.3 Å². The molecular formula is C40H47N7O8S.